The lowest BCUT2D eigenvalue weighted by Crippen LogP contribution is -2.51. The summed E-state index contributed by atoms with van der Waals surface area (Å²) in [7, 11) is 0. The molecule has 1 unspecified atom stereocenters. The van der Waals surface area contributed by atoms with Gasteiger partial charge in [-0.3, -0.25) is 4.98 Å². The fourth-order valence-corrected chi connectivity index (χ4v) is 5.79. The number of anilines is 2. The van der Waals surface area contributed by atoms with Crippen LogP contribution < -0.4 is 15.5 Å². The van der Waals surface area contributed by atoms with Crippen LogP contribution in [0.4, 0.5) is 37.7 Å². The quantitative estimate of drug-likeness (QED) is 0.451. The molecule has 0 radical (unpaired) electrons. The van der Waals surface area contributed by atoms with Crippen LogP contribution in [0.2, 0.25) is 0 Å². The second-order valence-corrected chi connectivity index (χ2v) is 11.1. The number of allylic oxidation sites excluding steroid dienone is 2. The Balaban J connectivity index is 1.68. The lowest BCUT2D eigenvalue weighted by Gasteiger charge is -2.42. The van der Waals surface area contributed by atoms with E-state index in [1.54, 1.807) is 0 Å². The lowest BCUT2D eigenvalue weighted by atomic mass is 9.92. The molecule has 216 valence electrons. The summed E-state index contributed by atoms with van der Waals surface area (Å²) in [6, 6.07) is 1.02. The molecular weight excluding hydrogens is 538 g/mol. The van der Waals surface area contributed by atoms with Crippen molar-refractivity contribution in [2.24, 2.45) is 11.7 Å². The molecule has 0 amide bonds. The highest BCUT2D eigenvalue weighted by Gasteiger charge is 2.45. The molecule has 3 heterocycles. The highest BCUT2D eigenvalue weighted by molar-refractivity contribution is 5.90. The first-order valence-corrected chi connectivity index (χ1v) is 13.0. The van der Waals surface area contributed by atoms with Crippen LogP contribution >= 0.6 is 0 Å². The van der Waals surface area contributed by atoms with Gasteiger partial charge in [0.2, 0.25) is 0 Å². The van der Waals surface area contributed by atoms with Crippen molar-refractivity contribution in [2.75, 3.05) is 29.4 Å². The first-order chi connectivity index (χ1) is 18.7. The number of aliphatic hydroxyl groups excluding tert-OH is 1. The fourth-order valence-electron chi connectivity index (χ4n) is 5.79. The fraction of sp³-hybridized carbons (Fsp3) is 0.464. The van der Waals surface area contributed by atoms with Crippen LogP contribution in [-0.4, -0.2) is 47.0 Å². The van der Waals surface area contributed by atoms with Crippen molar-refractivity contribution >= 4 is 17.1 Å². The molecule has 1 aromatic heterocycles. The zero-order valence-electron chi connectivity index (χ0n) is 21.9. The summed E-state index contributed by atoms with van der Waals surface area (Å²) in [5.41, 5.74) is 4.49. The van der Waals surface area contributed by atoms with Gasteiger partial charge in [-0.25, -0.2) is 13.2 Å². The molecule has 1 aliphatic carbocycles. The van der Waals surface area contributed by atoms with Crippen LogP contribution in [0.15, 0.2) is 36.3 Å². The molecule has 0 spiro atoms. The average molecular weight is 569 g/mol. The minimum atomic E-state index is -4.51. The molecule has 4 N–H and O–H groups in total. The van der Waals surface area contributed by atoms with Gasteiger partial charge in [0, 0.05) is 31.2 Å². The summed E-state index contributed by atoms with van der Waals surface area (Å²) in [5.74, 6) is -4.93. The average Bonchev–Trinajstić information content (AvgIpc) is 3.23. The van der Waals surface area contributed by atoms with Gasteiger partial charge in [-0.2, -0.15) is 13.2 Å². The number of hydrogen-bond acceptors (Lipinski definition) is 6. The van der Waals surface area contributed by atoms with E-state index < -0.39 is 65.1 Å². The maximum absolute atomic E-state index is 15.5. The third-order valence-electron chi connectivity index (χ3n) is 7.73. The zero-order valence-corrected chi connectivity index (χ0v) is 21.9. The van der Waals surface area contributed by atoms with Crippen molar-refractivity contribution in [3.63, 3.8) is 0 Å². The topological polar surface area (TPSA) is 85.9 Å². The van der Waals surface area contributed by atoms with Crippen LogP contribution in [0.1, 0.15) is 55.2 Å². The third kappa shape index (κ3) is 5.08. The number of benzene rings is 1. The van der Waals surface area contributed by atoms with E-state index >= 15 is 13.2 Å². The first-order valence-electron chi connectivity index (χ1n) is 13.0. The van der Waals surface area contributed by atoms with Gasteiger partial charge in [-0.1, -0.05) is 6.08 Å². The molecule has 3 aliphatic rings. The van der Waals surface area contributed by atoms with Crippen molar-refractivity contribution in [3.8, 4) is 0 Å². The van der Waals surface area contributed by atoms with Gasteiger partial charge in [0.25, 0.3) is 0 Å². The Morgan fingerprint density at radius 2 is 1.75 bits per heavy atom. The lowest BCUT2D eigenvalue weighted by molar-refractivity contribution is -0.177. The van der Waals surface area contributed by atoms with Crippen LogP contribution in [0.5, 0.6) is 0 Å². The van der Waals surface area contributed by atoms with Crippen molar-refractivity contribution in [3.05, 3.63) is 70.3 Å². The van der Waals surface area contributed by atoms with Crippen molar-refractivity contribution in [2.45, 2.75) is 57.0 Å². The molecule has 12 heteroatoms. The van der Waals surface area contributed by atoms with Crippen molar-refractivity contribution < 1.29 is 36.6 Å². The normalized spacial score (nSPS) is 23.7. The van der Waals surface area contributed by atoms with Gasteiger partial charge < -0.3 is 25.7 Å². The molecular formula is C28H30F6N4O2. The Kier molecular flexibility index (Phi) is 7.16. The Bertz CT molecular complexity index is 1360. The van der Waals surface area contributed by atoms with Crippen LogP contribution in [-0.2, 0) is 12.0 Å². The number of fused-ring (bicyclic) bond motifs is 1. The number of nitrogens with zero attached hydrogens (tertiary/aromatic N) is 3. The Morgan fingerprint density at radius 3 is 2.38 bits per heavy atom. The predicted molar refractivity (Wildman–Crippen MR) is 138 cm³/mol. The molecule has 1 fully saturated rings. The monoisotopic (exact) mass is 568 g/mol. The summed E-state index contributed by atoms with van der Waals surface area (Å²) in [6.07, 6.45) is -1.34. The number of halogens is 6. The van der Waals surface area contributed by atoms with E-state index in [0.29, 0.717) is 24.1 Å². The smallest absolute Gasteiger partial charge is 0.387 e. The molecule has 0 saturated carbocycles. The number of piperidine rings is 1. The standard InChI is InChI=1S/C28H30F6N4O2/c1-27(2,40)14-9-19(30)23(20(31)10-14)26-18(29)4-3-7-38(26)21-11-36-24-17(5-6-22(24)39)25(21)37-12-15(28(32,33)34)8-16(35)13-37/h3-4,9-11,15-16,22,39-40H,5-8,12-13,35H2,1-2H3/t15-,16+,22?/m1/s1. The summed E-state index contributed by atoms with van der Waals surface area (Å²) < 4.78 is 87.8. The van der Waals surface area contributed by atoms with Gasteiger partial charge in [0.1, 0.15) is 17.5 Å². The Hall–Kier alpha value is -3.09. The van der Waals surface area contributed by atoms with Gasteiger partial charge >= 0.3 is 6.18 Å². The molecule has 40 heavy (non-hydrogen) atoms. The maximum atomic E-state index is 15.5. The SMILES string of the molecule is CC(C)(O)c1cc(F)c(C2=C(F)C=CCN2c2cnc3c(c2N2C[C@@H](N)C[C@@H](C(F)(F)F)C2)CCC3O)c(F)c1. The van der Waals surface area contributed by atoms with E-state index in [9.17, 15) is 23.4 Å². The van der Waals surface area contributed by atoms with Crippen molar-refractivity contribution in [1.82, 2.24) is 4.98 Å². The second kappa shape index (κ2) is 10.1. The predicted octanol–water partition coefficient (Wildman–Crippen LogP) is 5.00. The number of rotatable bonds is 4. The summed E-state index contributed by atoms with van der Waals surface area (Å²) in [5, 5.41) is 20.7. The molecule has 5 rings (SSSR count). The molecule has 6 nitrogen and oxygen atoms in total. The van der Waals surface area contributed by atoms with E-state index in [1.165, 1.54) is 35.9 Å². The minimum Gasteiger partial charge on any atom is -0.387 e. The van der Waals surface area contributed by atoms with E-state index in [2.05, 4.69) is 4.98 Å². The highest BCUT2D eigenvalue weighted by Crippen LogP contribution is 2.47. The number of aliphatic hydroxyl groups is 2. The molecule has 1 aromatic carbocycles. The molecule has 2 aliphatic heterocycles. The minimum absolute atomic E-state index is 0.0559. The molecule has 3 atom stereocenters. The second-order valence-electron chi connectivity index (χ2n) is 11.1. The Morgan fingerprint density at radius 1 is 1.07 bits per heavy atom. The largest absolute Gasteiger partial charge is 0.393 e. The number of aromatic nitrogens is 1. The van der Waals surface area contributed by atoms with E-state index in [4.69, 9.17) is 5.73 Å². The van der Waals surface area contributed by atoms with E-state index in [-0.39, 0.29) is 36.4 Å². The molecule has 1 saturated heterocycles. The van der Waals surface area contributed by atoms with Crippen LogP contribution in [0.25, 0.3) is 5.70 Å². The third-order valence-corrected chi connectivity index (χ3v) is 7.73. The molecule has 0 bridgehead atoms. The summed E-state index contributed by atoms with van der Waals surface area (Å²) in [6.45, 7) is 2.27. The van der Waals surface area contributed by atoms with E-state index in [0.717, 1.165) is 18.2 Å². The van der Waals surface area contributed by atoms with Gasteiger partial charge in [-0.05, 0) is 56.9 Å². The van der Waals surface area contributed by atoms with Crippen LogP contribution in [0.3, 0.4) is 0 Å². The number of hydrogen-bond donors (Lipinski definition) is 3. The van der Waals surface area contributed by atoms with Crippen LogP contribution in [0, 0.1) is 17.6 Å². The zero-order chi connectivity index (χ0) is 29.1. The van der Waals surface area contributed by atoms with Crippen molar-refractivity contribution in [1.29, 1.82) is 0 Å². The Labute approximate surface area is 227 Å². The first kappa shape index (κ1) is 28.4. The number of alkyl halides is 3. The van der Waals surface area contributed by atoms with Gasteiger partial charge in [-0.15, -0.1) is 0 Å². The number of nitrogens with two attached hydrogens (primary N) is 1. The summed E-state index contributed by atoms with van der Waals surface area (Å²) in [4.78, 5) is 7.09. The molecule has 2 aromatic rings. The summed E-state index contributed by atoms with van der Waals surface area (Å²) >= 11 is 0. The maximum Gasteiger partial charge on any atom is 0.393 e. The highest BCUT2D eigenvalue weighted by atomic mass is 19.4. The van der Waals surface area contributed by atoms with E-state index in [1.807, 2.05) is 0 Å². The van der Waals surface area contributed by atoms with Gasteiger partial charge in [0.15, 0.2) is 0 Å². The number of pyridine rings is 1. The van der Waals surface area contributed by atoms with Gasteiger partial charge in [0.05, 0.1) is 52.1 Å².